The second-order valence-electron chi connectivity index (χ2n) is 4.86. The first kappa shape index (κ1) is 18.5. The first-order chi connectivity index (χ1) is 10.5. The number of hydrogen-bond acceptors (Lipinski definition) is 3. The molecule has 0 spiro atoms. The van der Waals surface area contributed by atoms with Crippen molar-refractivity contribution in [2.24, 2.45) is 0 Å². The van der Waals surface area contributed by atoms with E-state index >= 15 is 0 Å². The topological polar surface area (TPSA) is 49.9 Å². The molecule has 5 nitrogen and oxygen atoms in total. The third-order valence-corrected chi connectivity index (χ3v) is 3.50. The van der Waals surface area contributed by atoms with E-state index in [1.165, 1.54) is 9.96 Å². The third kappa shape index (κ3) is 4.45. The van der Waals surface area contributed by atoms with Gasteiger partial charge >= 0.3 is 0 Å². The van der Waals surface area contributed by atoms with E-state index in [1.807, 2.05) is 45.9 Å². The zero-order valence-corrected chi connectivity index (χ0v) is 14.3. The largest absolute Gasteiger partial charge is 0.301 e. The lowest BCUT2D eigenvalue weighted by Crippen LogP contribution is -2.44. The normalized spacial score (nSPS) is 10.4. The molecule has 0 aliphatic carbocycles. The zero-order chi connectivity index (χ0) is 16.7. The smallest absolute Gasteiger partial charge is 0.266 e. The van der Waals surface area contributed by atoms with Gasteiger partial charge in [0.1, 0.15) is 12.4 Å². The van der Waals surface area contributed by atoms with Crippen LogP contribution in [-0.4, -0.2) is 42.5 Å². The minimum atomic E-state index is -0.306. The number of para-hydroxylation sites is 1. The average molecular weight is 327 g/mol. The molecule has 6 heteroatoms. The summed E-state index contributed by atoms with van der Waals surface area (Å²) in [7, 11) is 0. The second-order valence-corrected chi connectivity index (χ2v) is 5.13. The van der Waals surface area contributed by atoms with E-state index in [0.717, 1.165) is 16.8 Å². The minimum absolute atomic E-state index is 0.0922. The van der Waals surface area contributed by atoms with Gasteiger partial charge in [0.05, 0.1) is 12.3 Å². The van der Waals surface area contributed by atoms with Crippen LogP contribution in [-0.2, 0) is 14.4 Å². The van der Waals surface area contributed by atoms with Gasteiger partial charge in [-0.05, 0) is 38.8 Å². The number of hydrogen-bond donors (Lipinski definition) is 0. The van der Waals surface area contributed by atoms with Crippen molar-refractivity contribution in [3.63, 3.8) is 0 Å². The molecule has 0 aliphatic rings. The van der Waals surface area contributed by atoms with Crippen LogP contribution >= 0.6 is 11.6 Å². The summed E-state index contributed by atoms with van der Waals surface area (Å²) in [6.45, 7) is 8.16. The molecule has 1 aromatic rings. The first-order valence-corrected chi connectivity index (χ1v) is 7.85. The van der Waals surface area contributed by atoms with Gasteiger partial charge in [-0.1, -0.05) is 18.2 Å². The van der Waals surface area contributed by atoms with Gasteiger partial charge < -0.3 is 4.90 Å². The molecule has 0 N–H and O–H groups in total. The maximum Gasteiger partial charge on any atom is 0.266 e. The lowest BCUT2D eigenvalue weighted by molar-refractivity contribution is -0.182. The molecule has 0 radical (unpaired) electrons. The number of carbonyl (C=O) groups excluding carboxylic acids is 2. The molecule has 0 aromatic heterocycles. The fourth-order valence-corrected chi connectivity index (χ4v) is 2.45. The Morgan fingerprint density at radius 1 is 1.14 bits per heavy atom. The van der Waals surface area contributed by atoms with Crippen molar-refractivity contribution < 1.29 is 14.4 Å². The maximum atomic E-state index is 12.4. The minimum Gasteiger partial charge on any atom is -0.301 e. The van der Waals surface area contributed by atoms with E-state index in [-0.39, 0.29) is 24.2 Å². The molecule has 2 amide bonds. The van der Waals surface area contributed by atoms with E-state index in [9.17, 15) is 9.59 Å². The van der Waals surface area contributed by atoms with E-state index in [2.05, 4.69) is 0 Å². The molecule has 0 unspecified atom stereocenters. The van der Waals surface area contributed by atoms with Crippen LogP contribution in [0.25, 0.3) is 0 Å². The van der Waals surface area contributed by atoms with E-state index in [0.29, 0.717) is 13.2 Å². The van der Waals surface area contributed by atoms with Crippen molar-refractivity contribution in [2.75, 3.05) is 30.5 Å². The highest BCUT2D eigenvalue weighted by molar-refractivity contribution is 6.29. The van der Waals surface area contributed by atoms with Crippen LogP contribution in [0.3, 0.4) is 0 Å². The monoisotopic (exact) mass is 326 g/mol. The summed E-state index contributed by atoms with van der Waals surface area (Å²) in [6.07, 6.45) is 0. The van der Waals surface area contributed by atoms with Crippen LogP contribution in [0, 0.1) is 13.8 Å². The number of benzene rings is 1. The van der Waals surface area contributed by atoms with Gasteiger partial charge in [-0.2, -0.15) is 0 Å². The van der Waals surface area contributed by atoms with Crippen LogP contribution in [0.2, 0.25) is 0 Å². The van der Waals surface area contributed by atoms with Crippen LogP contribution in [0.1, 0.15) is 25.0 Å². The summed E-state index contributed by atoms with van der Waals surface area (Å²) < 4.78 is 0. The van der Waals surface area contributed by atoms with Gasteiger partial charge in [-0.25, -0.2) is 5.06 Å². The highest BCUT2D eigenvalue weighted by Gasteiger charge is 2.24. The molecule has 0 bridgehead atoms. The summed E-state index contributed by atoms with van der Waals surface area (Å²) in [5, 5.41) is 1.27. The Labute approximate surface area is 136 Å². The molecular formula is C16H23ClN2O3. The first-order valence-electron chi connectivity index (χ1n) is 7.32. The predicted molar refractivity (Wildman–Crippen MR) is 88.0 cm³/mol. The molecule has 122 valence electrons. The van der Waals surface area contributed by atoms with Gasteiger partial charge in [0.2, 0.25) is 5.91 Å². The third-order valence-electron chi connectivity index (χ3n) is 3.27. The summed E-state index contributed by atoms with van der Waals surface area (Å²) in [5.74, 6) is -0.757. The van der Waals surface area contributed by atoms with Gasteiger partial charge in [-0.15, -0.1) is 11.6 Å². The highest BCUT2D eigenvalue weighted by Crippen LogP contribution is 2.25. The molecular weight excluding hydrogens is 304 g/mol. The molecule has 1 aromatic carbocycles. The lowest BCUT2D eigenvalue weighted by Gasteiger charge is -2.28. The molecule has 0 heterocycles. The molecule has 0 fully saturated rings. The van der Waals surface area contributed by atoms with Crippen LogP contribution in [0.15, 0.2) is 18.2 Å². The number of anilines is 1. The number of aryl methyl sites for hydroxylation is 2. The van der Waals surface area contributed by atoms with E-state index in [4.69, 9.17) is 16.4 Å². The summed E-state index contributed by atoms with van der Waals surface area (Å²) in [4.78, 5) is 31.3. The summed E-state index contributed by atoms with van der Waals surface area (Å²) >= 11 is 5.71. The fraction of sp³-hybridized carbons (Fsp3) is 0.500. The van der Waals surface area contributed by atoms with Crippen LogP contribution in [0.5, 0.6) is 0 Å². The van der Waals surface area contributed by atoms with Gasteiger partial charge in [-0.3, -0.25) is 14.4 Å². The molecule has 0 aliphatic heterocycles. The summed E-state index contributed by atoms with van der Waals surface area (Å²) in [5.41, 5.74) is 2.57. The number of amides is 2. The number of alkyl halides is 1. The Balaban J connectivity index is 3.10. The average Bonchev–Trinajstić information content (AvgIpc) is 2.50. The van der Waals surface area contributed by atoms with Crippen molar-refractivity contribution in [1.29, 1.82) is 0 Å². The van der Waals surface area contributed by atoms with Gasteiger partial charge in [0.15, 0.2) is 0 Å². The van der Waals surface area contributed by atoms with Gasteiger partial charge in [0.25, 0.3) is 5.91 Å². The summed E-state index contributed by atoms with van der Waals surface area (Å²) in [6, 6.07) is 5.72. The number of rotatable bonds is 7. The Kier molecular flexibility index (Phi) is 7.35. The van der Waals surface area contributed by atoms with Crippen molar-refractivity contribution in [3.05, 3.63) is 29.3 Å². The lowest BCUT2D eigenvalue weighted by atomic mass is 10.1. The number of carbonyl (C=O) groups is 2. The molecule has 0 saturated heterocycles. The standard InChI is InChI=1S/C16H23ClN2O3/c1-5-19(22-6-2)15(21)11-18(14(20)10-17)16-12(3)8-7-9-13(16)4/h7-9H,5-6,10-11H2,1-4H3. The quantitative estimate of drug-likeness (QED) is 0.572. The maximum absolute atomic E-state index is 12.4. The second kappa shape index (κ2) is 8.76. The van der Waals surface area contributed by atoms with Crippen molar-refractivity contribution in [3.8, 4) is 0 Å². The predicted octanol–water partition coefficient (Wildman–Crippen LogP) is 2.68. The SMILES string of the molecule is CCON(CC)C(=O)CN(C(=O)CCl)c1c(C)cccc1C. The Hall–Kier alpha value is -1.59. The zero-order valence-electron chi connectivity index (χ0n) is 13.6. The van der Waals surface area contributed by atoms with E-state index in [1.54, 1.807) is 0 Å². The Bertz CT molecular complexity index is 514. The van der Waals surface area contributed by atoms with Crippen molar-refractivity contribution in [1.82, 2.24) is 5.06 Å². The van der Waals surface area contributed by atoms with Crippen molar-refractivity contribution in [2.45, 2.75) is 27.7 Å². The molecule has 0 saturated carbocycles. The highest BCUT2D eigenvalue weighted by atomic mass is 35.5. The van der Waals surface area contributed by atoms with Crippen molar-refractivity contribution >= 4 is 29.1 Å². The Morgan fingerprint density at radius 2 is 1.73 bits per heavy atom. The van der Waals surface area contributed by atoms with E-state index < -0.39 is 0 Å². The fourth-order valence-electron chi connectivity index (χ4n) is 2.31. The molecule has 1 rings (SSSR count). The number of hydroxylamine groups is 2. The van der Waals surface area contributed by atoms with Gasteiger partial charge in [0, 0.05) is 6.54 Å². The molecule has 0 atom stereocenters. The number of likely N-dealkylation sites (N-methyl/N-ethyl adjacent to an activating group) is 1. The number of halogens is 1. The van der Waals surface area contributed by atoms with Crippen LogP contribution < -0.4 is 4.90 Å². The van der Waals surface area contributed by atoms with Crippen LogP contribution in [0.4, 0.5) is 5.69 Å². The number of nitrogens with zero attached hydrogens (tertiary/aromatic N) is 2. The molecule has 22 heavy (non-hydrogen) atoms. The Morgan fingerprint density at radius 3 is 2.18 bits per heavy atom.